The van der Waals surface area contributed by atoms with Gasteiger partial charge in [-0.25, -0.2) is 9.37 Å². The van der Waals surface area contributed by atoms with Gasteiger partial charge in [-0.2, -0.15) is 0 Å². The van der Waals surface area contributed by atoms with Gasteiger partial charge in [-0.3, -0.25) is 14.6 Å². The number of imide groups is 1. The minimum Gasteiger partial charge on any atom is -0.269 e. The Labute approximate surface area is 137 Å². The van der Waals surface area contributed by atoms with Crippen LogP contribution in [0, 0.1) is 0 Å². The van der Waals surface area contributed by atoms with Crippen LogP contribution in [0.3, 0.4) is 0 Å². The van der Waals surface area contributed by atoms with Crippen molar-refractivity contribution in [3.63, 3.8) is 0 Å². The summed E-state index contributed by atoms with van der Waals surface area (Å²) in [6, 6.07) is 6.15. The van der Waals surface area contributed by atoms with Crippen LogP contribution in [0.2, 0.25) is 5.02 Å². The van der Waals surface area contributed by atoms with E-state index in [9.17, 15) is 9.59 Å². The third-order valence-corrected chi connectivity index (χ3v) is 4.30. The van der Waals surface area contributed by atoms with E-state index in [-0.39, 0.29) is 11.2 Å². The van der Waals surface area contributed by atoms with Gasteiger partial charge >= 0.3 is 11.3 Å². The van der Waals surface area contributed by atoms with Crippen molar-refractivity contribution in [1.82, 2.24) is 9.80 Å². The molecule has 0 saturated carbocycles. The Morgan fingerprint density at radius 1 is 1.14 bits per heavy atom. The van der Waals surface area contributed by atoms with Crippen LogP contribution in [0.25, 0.3) is 0 Å². The summed E-state index contributed by atoms with van der Waals surface area (Å²) in [5.41, 5.74) is 0.939. The summed E-state index contributed by atoms with van der Waals surface area (Å²) in [6.07, 6.45) is 0. The van der Waals surface area contributed by atoms with Gasteiger partial charge in [-0.05, 0) is 22.7 Å². The Kier molecular flexibility index (Phi) is 3.66. The Morgan fingerprint density at radius 3 is 2.41 bits per heavy atom. The molecule has 2 aliphatic heterocycles. The first-order valence-electron chi connectivity index (χ1n) is 6.57. The van der Waals surface area contributed by atoms with E-state index < -0.39 is 12.1 Å². The zero-order valence-electron chi connectivity index (χ0n) is 12.0. The van der Waals surface area contributed by atoms with Crippen LogP contribution in [0.15, 0.2) is 29.3 Å². The standard InChI is InChI=1S/C14H13Cl2N4O2/c1-18-11-10(12(21)19(2)14(18)22)20(13(16)17-11)7-8-3-5-9(15)6-4-8/h3-6,10H,7H2,1-2H3/q+1. The number of hydrogen-bond acceptors (Lipinski definition) is 3. The van der Waals surface area contributed by atoms with Crippen molar-refractivity contribution < 1.29 is 14.2 Å². The number of carbonyl (C=O) groups is 2. The van der Waals surface area contributed by atoms with E-state index in [1.165, 1.54) is 11.9 Å². The number of urea groups is 1. The summed E-state index contributed by atoms with van der Waals surface area (Å²) in [6.45, 7) is 0.398. The van der Waals surface area contributed by atoms with E-state index in [4.69, 9.17) is 23.2 Å². The van der Waals surface area contributed by atoms with E-state index in [1.54, 1.807) is 23.8 Å². The van der Waals surface area contributed by atoms with Crippen LogP contribution < -0.4 is 0 Å². The molecular formula is C14H13Cl2N4O2+. The molecule has 6 nitrogen and oxygen atoms in total. The van der Waals surface area contributed by atoms with Crippen molar-refractivity contribution in [2.24, 2.45) is 4.99 Å². The number of aliphatic imine (C=N–C) groups is 1. The van der Waals surface area contributed by atoms with Crippen LogP contribution >= 0.6 is 23.2 Å². The van der Waals surface area contributed by atoms with Gasteiger partial charge in [0.05, 0.1) is 0 Å². The molecule has 0 N–H and O–H groups in total. The highest BCUT2D eigenvalue weighted by Gasteiger charge is 2.52. The minimum absolute atomic E-state index is 0.193. The number of rotatable bonds is 2. The first-order chi connectivity index (χ1) is 10.4. The molecule has 0 aliphatic carbocycles. The molecule has 1 unspecified atom stereocenters. The highest BCUT2D eigenvalue weighted by molar-refractivity contribution is 6.65. The SMILES string of the molecule is CN1C(=O)C2C(=NC(Cl)=[N+]2Cc2ccc(Cl)cc2)N(C)C1=O. The number of halogens is 2. The zero-order chi connectivity index (χ0) is 16.0. The van der Waals surface area contributed by atoms with E-state index >= 15 is 0 Å². The molecule has 1 fully saturated rings. The third kappa shape index (κ3) is 2.28. The summed E-state index contributed by atoms with van der Waals surface area (Å²) >= 11 is 12.1. The van der Waals surface area contributed by atoms with Gasteiger partial charge in [-0.15, -0.1) is 0 Å². The maximum atomic E-state index is 12.4. The molecule has 22 heavy (non-hydrogen) atoms. The summed E-state index contributed by atoms with van der Waals surface area (Å²) in [7, 11) is 3.03. The lowest BCUT2D eigenvalue weighted by molar-refractivity contribution is -0.549. The molecule has 1 saturated heterocycles. The lowest BCUT2D eigenvalue weighted by Gasteiger charge is -2.30. The molecular weight excluding hydrogens is 327 g/mol. The van der Waals surface area contributed by atoms with Gasteiger partial charge < -0.3 is 0 Å². The van der Waals surface area contributed by atoms with Crippen molar-refractivity contribution in [1.29, 1.82) is 0 Å². The van der Waals surface area contributed by atoms with E-state index in [2.05, 4.69) is 4.99 Å². The van der Waals surface area contributed by atoms with Crippen molar-refractivity contribution in [2.45, 2.75) is 12.6 Å². The summed E-state index contributed by atoms with van der Waals surface area (Å²) < 4.78 is 1.67. The van der Waals surface area contributed by atoms with Crippen molar-refractivity contribution in [2.75, 3.05) is 14.1 Å². The van der Waals surface area contributed by atoms with Crippen LogP contribution in [-0.4, -0.2) is 57.6 Å². The molecule has 8 heteroatoms. The fraction of sp³-hybridized carbons (Fsp3) is 0.286. The highest BCUT2D eigenvalue weighted by Crippen LogP contribution is 2.22. The van der Waals surface area contributed by atoms with Gasteiger partial charge in [-0.1, -0.05) is 23.7 Å². The number of nitrogens with zero attached hydrogens (tertiary/aromatic N) is 4. The molecule has 2 aliphatic rings. The molecule has 0 bridgehead atoms. The summed E-state index contributed by atoms with van der Waals surface area (Å²) in [5, 5.41) is 0.828. The lowest BCUT2D eigenvalue weighted by Crippen LogP contribution is -2.61. The van der Waals surface area contributed by atoms with E-state index in [1.807, 2.05) is 12.1 Å². The third-order valence-electron chi connectivity index (χ3n) is 3.75. The minimum atomic E-state index is -0.684. The van der Waals surface area contributed by atoms with E-state index in [0.717, 1.165) is 10.5 Å². The van der Waals surface area contributed by atoms with Crippen molar-refractivity contribution >= 4 is 46.3 Å². The second kappa shape index (κ2) is 5.37. The largest absolute Gasteiger partial charge is 0.394 e. The number of hydrogen-bond donors (Lipinski definition) is 0. The molecule has 0 spiro atoms. The predicted octanol–water partition coefficient (Wildman–Crippen LogP) is 1.75. The van der Waals surface area contributed by atoms with E-state index in [0.29, 0.717) is 17.4 Å². The van der Waals surface area contributed by atoms with Crippen LogP contribution in [0.5, 0.6) is 0 Å². The smallest absolute Gasteiger partial charge is 0.269 e. The first kappa shape index (κ1) is 15.0. The molecule has 0 aromatic heterocycles. The summed E-state index contributed by atoms with van der Waals surface area (Å²) in [4.78, 5) is 31.0. The Morgan fingerprint density at radius 2 is 1.77 bits per heavy atom. The number of benzene rings is 1. The van der Waals surface area contributed by atoms with Gasteiger partial charge in [0, 0.05) is 30.7 Å². The van der Waals surface area contributed by atoms with Gasteiger partial charge in [0.1, 0.15) is 6.54 Å². The second-order valence-electron chi connectivity index (χ2n) is 5.13. The number of amidine groups is 2. The fourth-order valence-corrected chi connectivity index (χ4v) is 2.88. The molecule has 2 heterocycles. The maximum absolute atomic E-state index is 12.4. The Hall–Kier alpha value is -1.92. The normalized spacial score (nSPS) is 21.5. The molecule has 1 aromatic carbocycles. The van der Waals surface area contributed by atoms with Gasteiger partial charge in [0.2, 0.25) is 0 Å². The van der Waals surface area contributed by atoms with Crippen LogP contribution in [0.4, 0.5) is 4.79 Å². The fourth-order valence-electron chi connectivity index (χ4n) is 2.51. The van der Waals surface area contributed by atoms with Crippen LogP contribution in [-0.2, 0) is 11.3 Å². The van der Waals surface area contributed by atoms with Gasteiger partial charge in [0.15, 0.2) is 0 Å². The molecule has 1 aromatic rings. The summed E-state index contributed by atoms with van der Waals surface area (Å²) in [5.74, 6) is 0.0125. The highest BCUT2D eigenvalue weighted by atomic mass is 35.5. The quantitative estimate of drug-likeness (QED) is 0.608. The average Bonchev–Trinajstić information content (AvgIpc) is 2.82. The molecule has 3 amide bonds. The Bertz CT molecular complexity index is 727. The number of carbonyl (C=O) groups excluding carboxylic acids is 2. The van der Waals surface area contributed by atoms with Crippen molar-refractivity contribution in [3.8, 4) is 0 Å². The van der Waals surface area contributed by atoms with Gasteiger partial charge in [0.25, 0.3) is 17.8 Å². The number of fused-ring (bicyclic) bond motifs is 1. The number of amides is 3. The lowest BCUT2D eigenvalue weighted by atomic mass is 10.1. The first-order valence-corrected chi connectivity index (χ1v) is 7.33. The van der Waals surface area contributed by atoms with Crippen molar-refractivity contribution in [3.05, 3.63) is 34.9 Å². The number of likely N-dealkylation sites (N-methyl/N-ethyl adjacent to an activating group) is 2. The Balaban J connectivity index is 1.93. The average molecular weight is 340 g/mol. The molecule has 3 rings (SSSR count). The topological polar surface area (TPSA) is 56.0 Å². The van der Waals surface area contributed by atoms with Crippen LogP contribution in [0.1, 0.15) is 5.56 Å². The molecule has 114 valence electrons. The molecule has 0 radical (unpaired) electrons. The molecule has 1 atom stereocenters. The predicted molar refractivity (Wildman–Crippen MR) is 83.4 cm³/mol. The maximum Gasteiger partial charge on any atom is 0.394 e. The monoisotopic (exact) mass is 339 g/mol. The second-order valence-corrected chi connectivity index (χ2v) is 5.91. The zero-order valence-corrected chi connectivity index (χ0v) is 13.5.